The number of nitrogens with zero attached hydrogens (tertiary/aromatic N) is 2. The first-order chi connectivity index (χ1) is 12.1. The number of carbonyl (C=O) groups excluding carboxylic acids is 3. The van der Waals surface area contributed by atoms with Crippen LogP contribution >= 0.6 is 11.8 Å². The number of likely N-dealkylation sites (tertiary alicyclic amines) is 1. The predicted octanol–water partition coefficient (Wildman–Crippen LogP) is 2.74. The van der Waals surface area contributed by atoms with Gasteiger partial charge in [-0.25, -0.2) is 0 Å². The minimum atomic E-state index is -0.425. The number of amides is 3. The molecule has 1 aromatic carbocycles. The second-order valence-electron chi connectivity index (χ2n) is 5.95. The van der Waals surface area contributed by atoms with Crippen LogP contribution in [0, 0.1) is 0 Å². The lowest BCUT2D eigenvalue weighted by Crippen LogP contribution is -2.44. The first kappa shape index (κ1) is 17.5. The van der Waals surface area contributed by atoms with E-state index in [9.17, 15) is 14.4 Å². The second-order valence-corrected chi connectivity index (χ2v) is 6.94. The zero-order valence-corrected chi connectivity index (χ0v) is 14.9. The highest BCUT2D eigenvalue weighted by molar-refractivity contribution is 8.18. The van der Waals surface area contributed by atoms with Gasteiger partial charge in [-0.3, -0.25) is 19.3 Å². The SMILES string of the molecule is COc1ccccc1/C=C1\SC(=O)N(CC(=O)N2CCCCC2)C1=O. The van der Waals surface area contributed by atoms with Crippen molar-refractivity contribution in [3.05, 3.63) is 34.7 Å². The molecule has 6 nitrogen and oxygen atoms in total. The monoisotopic (exact) mass is 360 g/mol. The molecule has 0 unspecified atom stereocenters. The largest absolute Gasteiger partial charge is 0.496 e. The molecule has 132 valence electrons. The highest BCUT2D eigenvalue weighted by Crippen LogP contribution is 2.33. The zero-order valence-electron chi connectivity index (χ0n) is 14.1. The van der Waals surface area contributed by atoms with E-state index in [-0.39, 0.29) is 12.5 Å². The van der Waals surface area contributed by atoms with Gasteiger partial charge in [0.15, 0.2) is 0 Å². The minimum Gasteiger partial charge on any atom is -0.496 e. The summed E-state index contributed by atoms with van der Waals surface area (Å²) in [6, 6.07) is 7.26. The van der Waals surface area contributed by atoms with Gasteiger partial charge in [-0.05, 0) is 43.2 Å². The van der Waals surface area contributed by atoms with Crippen LogP contribution in [0.15, 0.2) is 29.2 Å². The molecule has 2 aliphatic heterocycles. The average molecular weight is 360 g/mol. The summed E-state index contributed by atoms with van der Waals surface area (Å²) >= 11 is 0.857. The lowest BCUT2D eigenvalue weighted by molar-refractivity contribution is -0.136. The van der Waals surface area contributed by atoms with E-state index < -0.39 is 11.1 Å². The molecular formula is C18H20N2O4S. The number of para-hydroxylation sites is 1. The van der Waals surface area contributed by atoms with Gasteiger partial charge >= 0.3 is 0 Å². The fraction of sp³-hybridized carbons (Fsp3) is 0.389. The molecule has 0 bridgehead atoms. The van der Waals surface area contributed by atoms with E-state index in [1.807, 2.05) is 18.2 Å². The Bertz CT molecular complexity index is 726. The van der Waals surface area contributed by atoms with Crippen LogP contribution in [0.2, 0.25) is 0 Å². The number of carbonyl (C=O) groups is 3. The Labute approximate surface area is 150 Å². The molecule has 7 heteroatoms. The topological polar surface area (TPSA) is 66.9 Å². The summed E-state index contributed by atoms with van der Waals surface area (Å²) in [5.41, 5.74) is 0.720. The van der Waals surface area contributed by atoms with E-state index >= 15 is 0 Å². The number of ether oxygens (including phenoxy) is 1. The summed E-state index contributed by atoms with van der Waals surface area (Å²) in [5, 5.41) is -0.406. The Morgan fingerprint density at radius 3 is 2.64 bits per heavy atom. The molecule has 0 aromatic heterocycles. The summed E-state index contributed by atoms with van der Waals surface area (Å²) in [4.78, 5) is 40.1. The third-order valence-electron chi connectivity index (χ3n) is 4.30. The maximum Gasteiger partial charge on any atom is 0.294 e. The van der Waals surface area contributed by atoms with E-state index in [4.69, 9.17) is 4.74 Å². The van der Waals surface area contributed by atoms with Crippen LogP contribution in [0.3, 0.4) is 0 Å². The Morgan fingerprint density at radius 1 is 1.20 bits per heavy atom. The number of imide groups is 1. The van der Waals surface area contributed by atoms with Crippen LogP contribution < -0.4 is 4.74 Å². The van der Waals surface area contributed by atoms with E-state index in [1.54, 1.807) is 24.2 Å². The molecule has 2 saturated heterocycles. The van der Waals surface area contributed by atoms with Gasteiger partial charge in [-0.15, -0.1) is 0 Å². The second kappa shape index (κ2) is 7.74. The molecule has 0 aliphatic carbocycles. The van der Waals surface area contributed by atoms with Gasteiger partial charge < -0.3 is 9.64 Å². The maximum absolute atomic E-state index is 12.5. The fourth-order valence-corrected chi connectivity index (χ4v) is 3.77. The highest BCUT2D eigenvalue weighted by atomic mass is 32.2. The number of hydrogen-bond donors (Lipinski definition) is 0. The van der Waals surface area contributed by atoms with Crippen LogP contribution in [0.5, 0.6) is 5.75 Å². The standard InChI is InChI=1S/C18H20N2O4S/c1-24-14-8-4-3-7-13(14)11-15-17(22)20(18(23)25-15)12-16(21)19-9-5-2-6-10-19/h3-4,7-8,11H,2,5-6,9-10,12H2,1H3/b15-11-. The van der Waals surface area contributed by atoms with Crippen molar-refractivity contribution in [1.82, 2.24) is 9.80 Å². The van der Waals surface area contributed by atoms with Crippen LogP contribution in [0.1, 0.15) is 24.8 Å². The molecule has 25 heavy (non-hydrogen) atoms. The van der Waals surface area contributed by atoms with Crippen LogP contribution in [-0.4, -0.2) is 53.6 Å². The quantitative estimate of drug-likeness (QED) is 0.773. The number of hydrogen-bond acceptors (Lipinski definition) is 5. The maximum atomic E-state index is 12.5. The van der Waals surface area contributed by atoms with Crippen molar-refractivity contribution in [3.63, 3.8) is 0 Å². The Kier molecular flexibility index (Phi) is 5.43. The molecule has 1 aromatic rings. The Morgan fingerprint density at radius 2 is 1.92 bits per heavy atom. The summed E-state index contributed by atoms with van der Waals surface area (Å²) in [5.74, 6) is 0.0329. The average Bonchev–Trinajstić information content (AvgIpc) is 2.90. The van der Waals surface area contributed by atoms with Gasteiger partial charge in [0.2, 0.25) is 5.91 Å². The van der Waals surface area contributed by atoms with Crippen LogP contribution in [0.25, 0.3) is 6.08 Å². The lowest BCUT2D eigenvalue weighted by Gasteiger charge is -2.27. The fourth-order valence-electron chi connectivity index (χ4n) is 2.94. The Hall–Kier alpha value is -2.28. The van der Waals surface area contributed by atoms with Crippen molar-refractivity contribution >= 4 is 34.9 Å². The molecule has 3 amide bonds. The van der Waals surface area contributed by atoms with E-state index in [0.717, 1.165) is 41.5 Å². The first-order valence-electron chi connectivity index (χ1n) is 8.26. The number of methoxy groups -OCH3 is 1. The molecule has 0 spiro atoms. The molecule has 0 atom stereocenters. The van der Waals surface area contributed by atoms with Gasteiger partial charge in [-0.1, -0.05) is 18.2 Å². The van der Waals surface area contributed by atoms with Crippen molar-refractivity contribution in [3.8, 4) is 5.75 Å². The highest BCUT2D eigenvalue weighted by Gasteiger charge is 2.37. The lowest BCUT2D eigenvalue weighted by atomic mass is 10.1. The van der Waals surface area contributed by atoms with Crippen LogP contribution in [0.4, 0.5) is 4.79 Å². The van der Waals surface area contributed by atoms with E-state index in [1.165, 1.54) is 0 Å². The summed E-state index contributed by atoms with van der Waals surface area (Å²) < 4.78 is 5.26. The first-order valence-corrected chi connectivity index (χ1v) is 9.08. The van der Waals surface area contributed by atoms with Gasteiger partial charge in [0, 0.05) is 18.7 Å². The third kappa shape index (κ3) is 3.87. The van der Waals surface area contributed by atoms with Gasteiger partial charge in [0.25, 0.3) is 11.1 Å². The number of thioether (sulfide) groups is 1. The summed E-state index contributed by atoms with van der Waals surface area (Å²) in [6.45, 7) is 1.21. The van der Waals surface area contributed by atoms with Crippen molar-refractivity contribution < 1.29 is 19.1 Å². The normalized spacial score (nSPS) is 19.6. The smallest absolute Gasteiger partial charge is 0.294 e. The van der Waals surface area contributed by atoms with E-state index in [0.29, 0.717) is 23.7 Å². The Balaban J connectivity index is 1.73. The van der Waals surface area contributed by atoms with Gasteiger partial charge in [-0.2, -0.15) is 0 Å². The minimum absolute atomic E-state index is 0.166. The molecule has 0 N–H and O–H groups in total. The van der Waals surface area contributed by atoms with Crippen molar-refractivity contribution in [2.45, 2.75) is 19.3 Å². The summed E-state index contributed by atoms with van der Waals surface area (Å²) in [6.07, 6.45) is 4.70. The molecule has 2 fully saturated rings. The number of rotatable bonds is 4. The van der Waals surface area contributed by atoms with E-state index in [2.05, 4.69) is 0 Å². The van der Waals surface area contributed by atoms with Gasteiger partial charge in [0.1, 0.15) is 12.3 Å². The molecule has 0 radical (unpaired) electrons. The molecular weight excluding hydrogens is 340 g/mol. The zero-order chi connectivity index (χ0) is 17.8. The van der Waals surface area contributed by atoms with Crippen LogP contribution in [-0.2, 0) is 9.59 Å². The molecule has 2 aliphatic rings. The molecule has 0 saturated carbocycles. The summed E-state index contributed by atoms with van der Waals surface area (Å²) in [7, 11) is 1.55. The third-order valence-corrected chi connectivity index (χ3v) is 5.21. The van der Waals surface area contributed by atoms with Crippen molar-refractivity contribution in [1.29, 1.82) is 0 Å². The number of benzene rings is 1. The number of piperidine rings is 1. The predicted molar refractivity (Wildman–Crippen MR) is 96.1 cm³/mol. The van der Waals surface area contributed by atoms with Gasteiger partial charge in [0.05, 0.1) is 12.0 Å². The molecule has 3 rings (SSSR count). The van der Waals surface area contributed by atoms with Crippen molar-refractivity contribution in [2.24, 2.45) is 0 Å². The van der Waals surface area contributed by atoms with Crippen molar-refractivity contribution in [2.75, 3.05) is 26.7 Å². The molecule has 2 heterocycles.